The van der Waals surface area contributed by atoms with Crippen LogP contribution in [0.5, 0.6) is 5.75 Å². The summed E-state index contributed by atoms with van der Waals surface area (Å²) in [5.74, 6) is 0.607. The monoisotopic (exact) mass is 505 g/mol. The maximum absolute atomic E-state index is 13.7. The molecule has 190 valence electrons. The summed E-state index contributed by atoms with van der Waals surface area (Å²) in [5, 5.41) is 6.79. The predicted octanol–water partition coefficient (Wildman–Crippen LogP) is 5.08. The van der Waals surface area contributed by atoms with Gasteiger partial charge in [0.25, 0.3) is 0 Å². The minimum absolute atomic E-state index is 0.0257. The molecule has 3 heterocycles. The first-order valence-electron chi connectivity index (χ1n) is 12.0. The number of piperidine rings is 1. The number of hydrogen-bond donors (Lipinski definition) is 1. The van der Waals surface area contributed by atoms with Crippen LogP contribution in [0.25, 0.3) is 11.3 Å². The minimum atomic E-state index is -0.455. The zero-order chi connectivity index (χ0) is 25.6. The first kappa shape index (κ1) is 24.4. The standard InChI is InChI=1S/C27H25F2N5O3/c28-20-5-3-4-19(14-20)24-8-11-30-26(32-24)18-9-12-34(13-10-18)27(35)31-16-21-15-22(37-33-21)17-36-25-7-2-1-6-23(25)29/h1-8,11,14-15,18H,9-10,12-13,16-17H2,(H,31,35). The Balaban J connectivity index is 1.09. The van der Waals surface area contributed by atoms with Crippen molar-refractivity contribution in [2.45, 2.75) is 31.9 Å². The second kappa shape index (κ2) is 11.2. The lowest BCUT2D eigenvalue weighted by Gasteiger charge is -2.31. The van der Waals surface area contributed by atoms with Gasteiger partial charge in [-0.3, -0.25) is 0 Å². The molecule has 0 spiro atoms. The van der Waals surface area contributed by atoms with E-state index in [1.807, 2.05) is 6.07 Å². The number of rotatable bonds is 7. The molecule has 1 aliphatic heterocycles. The van der Waals surface area contributed by atoms with Crippen molar-refractivity contribution >= 4 is 6.03 Å². The summed E-state index contributed by atoms with van der Waals surface area (Å²) in [7, 11) is 0. The number of nitrogens with one attached hydrogen (secondary N) is 1. The van der Waals surface area contributed by atoms with Crippen LogP contribution in [0.15, 0.2) is 71.4 Å². The smallest absolute Gasteiger partial charge is 0.317 e. The van der Waals surface area contributed by atoms with Crippen LogP contribution in [0.3, 0.4) is 0 Å². The lowest BCUT2D eigenvalue weighted by molar-refractivity contribution is 0.179. The molecule has 8 nitrogen and oxygen atoms in total. The highest BCUT2D eigenvalue weighted by atomic mass is 19.1. The normalized spacial score (nSPS) is 13.9. The van der Waals surface area contributed by atoms with Gasteiger partial charge in [0.05, 0.1) is 12.2 Å². The van der Waals surface area contributed by atoms with E-state index >= 15 is 0 Å². The Morgan fingerprint density at radius 1 is 1.08 bits per heavy atom. The van der Waals surface area contributed by atoms with Crippen LogP contribution >= 0.6 is 0 Å². The molecule has 5 rings (SSSR count). The van der Waals surface area contributed by atoms with E-state index in [2.05, 4.69) is 20.4 Å². The minimum Gasteiger partial charge on any atom is -0.482 e. The largest absolute Gasteiger partial charge is 0.482 e. The summed E-state index contributed by atoms with van der Waals surface area (Å²) in [4.78, 5) is 23.5. The summed E-state index contributed by atoms with van der Waals surface area (Å²) in [6.45, 7) is 1.34. The van der Waals surface area contributed by atoms with E-state index in [4.69, 9.17) is 9.26 Å². The zero-order valence-electron chi connectivity index (χ0n) is 19.9. The van der Waals surface area contributed by atoms with E-state index in [0.29, 0.717) is 41.6 Å². The number of amides is 2. The van der Waals surface area contributed by atoms with E-state index in [1.54, 1.807) is 41.4 Å². The van der Waals surface area contributed by atoms with Gasteiger partial charge in [-0.2, -0.15) is 0 Å². The summed E-state index contributed by atoms with van der Waals surface area (Å²) >= 11 is 0. The number of nitrogens with zero attached hydrogens (tertiary/aromatic N) is 4. The summed E-state index contributed by atoms with van der Waals surface area (Å²) in [6, 6.07) is 15.7. The zero-order valence-corrected chi connectivity index (χ0v) is 19.9. The van der Waals surface area contributed by atoms with Crippen LogP contribution in [-0.2, 0) is 13.2 Å². The van der Waals surface area contributed by atoms with Gasteiger partial charge in [-0.15, -0.1) is 0 Å². The SMILES string of the molecule is O=C(NCc1cc(COc2ccccc2F)on1)N1CCC(c2nccc(-c3cccc(F)c3)n2)CC1. The lowest BCUT2D eigenvalue weighted by Crippen LogP contribution is -2.44. The molecule has 2 aromatic heterocycles. The van der Waals surface area contributed by atoms with Crippen molar-refractivity contribution in [2.24, 2.45) is 0 Å². The molecular weight excluding hydrogens is 480 g/mol. The molecule has 2 aromatic carbocycles. The Hall–Kier alpha value is -4.34. The van der Waals surface area contributed by atoms with Gasteiger partial charge < -0.3 is 19.5 Å². The Labute approximate surface area is 212 Å². The highest BCUT2D eigenvalue weighted by Crippen LogP contribution is 2.27. The lowest BCUT2D eigenvalue weighted by atomic mass is 9.96. The van der Waals surface area contributed by atoms with Crippen molar-refractivity contribution in [2.75, 3.05) is 13.1 Å². The third-order valence-electron chi connectivity index (χ3n) is 6.18. The van der Waals surface area contributed by atoms with Gasteiger partial charge in [-0.25, -0.2) is 23.5 Å². The average molecular weight is 506 g/mol. The summed E-state index contributed by atoms with van der Waals surface area (Å²) in [5.41, 5.74) is 1.92. The first-order chi connectivity index (χ1) is 18.0. The maximum Gasteiger partial charge on any atom is 0.317 e. The molecular formula is C27H25F2N5O3. The molecule has 0 atom stereocenters. The molecule has 1 saturated heterocycles. The van der Waals surface area contributed by atoms with Gasteiger partial charge in [-0.05, 0) is 43.2 Å². The highest BCUT2D eigenvalue weighted by molar-refractivity contribution is 5.74. The number of likely N-dealkylation sites (tertiary alicyclic amines) is 1. The van der Waals surface area contributed by atoms with Crippen LogP contribution in [0, 0.1) is 11.6 Å². The van der Waals surface area contributed by atoms with Crippen molar-refractivity contribution < 1.29 is 22.8 Å². The van der Waals surface area contributed by atoms with Crippen molar-refractivity contribution in [1.82, 2.24) is 25.3 Å². The van der Waals surface area contributed by atoms with E-state index in [1.165, 1.54) is 24.3 Å². The number of aromatic nitrogens is 3. The van der Waals surface area contributed by atoms with Crippen molar-refractivity contribution in [3.05, 3.63) is 95.8 Å². The third kappa shape index (κ3) is 6.08. The molecule has 10 heteroatoms. The molecule has 0 unspecified atom stereocenters. The third-order valence-corrected chi connectivity index (χ3v) is 6.18. The van der Waals surface area contributed by atoms with E-state index < -0.39 is 5.82 Å². The molecule has 2 amide bonds. The van der Waals surface area contributed by atoms with E-state index in [-0.39, 0.29) is 36.7 Å². The second-order valence-electron chi connectivity index (χ2n) is 8.73. The number of benzene rings is 2. The first-order valence-corrected chi connectivity index (χ1v) is 12.0. The Morgan fingerprint density at radius 2 is 1.92 bits per heavy atom. The van der Waals surface area contributed by atoms with Crippen molar-refractivity contribution in [3.8, 4) is 17.0 Å². The molecule has 1 aliphatic rings. The predicted molar refractivity (Wildman–Crippen MR) is 130 cm³/mol. The highest BCUT2D eigenvalue weighted by Gasteiger charge is 2.26. The Bertz CT molecular complexity index is 1370. The number of ether oxygens (including phenoxy) is 1. The molecule has 37 heavy (non-hydrogen) atoms. The van der Waals surface area contributed by atoms with Gasteiger partial charge in [-0.1, -0.05) is 29.4 Å². The Kier molecular flexibility index (Phi) is 7.34. The van der Waals surface area contributed by atoms with Crippen LogP contribution in [0.2, 0.25) is 0 Å². The van der Waals surface area contributed by atoms with Gasteiger partial charge in [0.15, 0.2) is 17.3 Å². The van der Waals surface area contributed by atoms with Gasteiger partial charge in [0, 0.05) is 36.8 Å². The van der Waals surface area contributed by atoms with E-state index in [0.717, 1.165) is 12.8 Å². The fourth-order valence-corrected chi connectivity index (χ4v) is 4.22. The molecule has 0 bridgehead atoms. The molecule has 4 aromatic rings. The topological polar surface area (TPSA) is 93.4 Å². The van der Waals surface area contributed by atoms with Crippen molar-refractivity contribution in [1.29, 1.82) is 0 Å². The van der Waals surface area contributed by atoms with Crippen molar-refractivity contribution in [3.63, 3.8) is 0 Å². The average Bonchev–Trinajstić information content (AvgIpc) is 3.39. The number of carbonyl (C=O) groups excluding carboxylic acids is 1. The van der Waals surface area contributed by atoms with Crippen LogP contribution in [-0.4, -0.2) is 39.1 Å². The number of urea groups is 1. The molecule has 1 fully saturated rings. The molecule has 0 aliphatic carbocycles. The number of halogens is 2. The molecule has 1 N–H and O–H groups in total. The van der Waals surface area contributed by atoms with Crippen LogP contribution in [0.4, 0.5) is 13.6 Å². The maximum atomic E-state index is 13.7. The molecule has 0 saturated carbocycles. The van der Waals surface area contributed by atoms with Gasteiger partial charge >= 0.3 is 6.03 Å². The molecule has 0 radical (unpaired) electrons. The summed E-state index contributed by atoms with van der Waals surface area (Å²) in [6.07, 6.45) is 3.14. The number of para-hydroxylation sites is 1. The van der Waals surface area contributed by atoms with Crippen LogP contribution in [0.1, 0.15) is 36.0 Å². The van der Waals surface area contributed by atoms with Gasteiger partial charge in [0.2, 0.25) is 0 Å². The summed E-state index contributed by atoms with van der Waals surface area (Å²) < 4.78 is 37.9. The Morgan fingerprint density at radius 3 is 2.73 bits per heavy atom. The van der Waals surface area contributed by atoms with Gasteiger partial charge in [0.1, 0.15) is 23.9 Å². The van der Waals surface area contributed by atoms with E-state index in [9.17, 15) is 13.6 Å². The number of carbonyl (C=O) groups is 1. The fraction of sp³-hybridized carbons (Fsp3) is 0.259. The second-order valence-corrected chi connectivity index (χ2v) is 8.73. The fourth-order valence-electron chi connectivity index (χ4n) is 4.22. The number of hydrogen-bond acceptors (Lipinski definition) is 6. The van der Waals surface area contributed by atoms with Crippen LogP contribution < -0.4 is 10.1 Å². The quantitative estimate of drug-likeness (QED) is 0.377.